The molecule has 1 aliphatic carbocycles. The Balaban J connectivity index is 2.21. The largest absolute Gasteiger partial charge is 0.223 e. The van der Waals surface area contributed by atoms with Crippen LogP contribution in [0.2, 0.25) is 0 Å². The molecule has 1 aromatic carbocycles. The summed E-state index contributed by atoms with van der Waals surface area (Å²) in [5.74, 6) is 0.359. The fourth-order valence-electron chi connectivity index (χ4n) is 3.85. The van der Waals surface area contributed by atoms with Gasteiger partial charge in [0, 0.05) is 0 Å². The molecule has 1 aromatic rings. The molecule has 3 rings (SSSR count). The third-order valence-electron chi connectivity index (χ3n) is 4.50. The summed E-state index contributed by atoms with van der Waals surface area (Å²) in [7, 11) is -3.09. The highest BCUT2D eigenvalue weighted by molar-refractivity contribution is 7.92. The summed E-state index contributed by atoms with van der Waals surface area (Å²) in [6, 6.07) is 4.07. The molecule has 18 heavy (non-hydrogen) atoms. The highest BCUT2D eigenvalue weighted by Crippen LogP contribution is 2.42. The van der Waals surface area contributed by atoms with Crippen molar-refractivity contribution in [3.05, 3.63) is 28.8 Å². The van der Waals surface area contributed by atoms with Crippen LogP contribution in [0.5, 0.6) is 0 Å². The van der Waals surface area contributed by atoms with Crippen LogP contribution in [0, 0.1) is 19.8 Å². The predicted octanol–water partition coefficient (Wildman–Crippen LogP) is 3.19. The maximum atomic E-state index is 12.8. The lowest BCUT2D eigenvalue weighted by atomic mass is 9.83. The Hall–Kier alpha value is -0.830. The van der Waals surface area contributed by atoms with Crippen LogP contribution in [0.15, 0.2) is 17.0 Å². The lowest BCUT2D eigenvalue weighted by Crippen LogP contribution is -2.38. The number of fused-ring (bicyclic) bond motifs is 2. The van der Waals surface area contributed by atoms with Crippen LogP contribution in [0.1, 0.15) is 42.4 Å². The van der Waals surface area contributed by atoms with Crippen LogP contribution in [-0.2, 0) is 16.3 Å². The second kappa shape index (κ2) is 4.09. The van der Waals surface area contributed by atoms with E-state index in [4.69, 9.17) is 0 Å². The Morgan fingerprint density at radius 3 is 2.61 bits per heavy atom. The molecule has 0 bridgehead atoms. The molecule has 2 nitrogen and oxygen atoms in total. The number of rotatable bonds is 0. The number of sulfone groups is 1. The zero-order valence-corrected chi connectivity index (χ0v) is 11.9. The van der Waals surface area contributed by atoms with E-state index in [-0.39, 0.29) is 5.25 Å². The van der Waals surface area contributed by atoms with Gasteiger partial charge in [-0.2, -0.15) is 0 Å². The van der Waals surface area contributed by atoms with E-state index in [9.17, 15) is 8.42 Å². The minimum absolute atomic E-state index is 0.111. The van der Waals surface area contributed by atoms with Gasteiger partial charge in [-0.1, -0.05) is 30.5 Å². The van der Waals surface area contributed by atoms with Crippen molar-refractivity contribution in [3.8, 4) is 0 Å². The lowest BCUT2D eigenvalue weighted by Gasteiger charge is -2.36. The van der Waals surface area contributed by atoms with Gasteiger partial charge in [0.15, 0.2) is 9.84 Å². The zero-order chi connectivity index (χ0) is 12.9. The van der Waals surface area contributed by atoms with Gasteiger partial charge in [0.05, 0.1) is 10.1 Å². The Kier molecular flexibility index (Phi) is 2.77. The number of hydrogen-bond acceptors (Lipinski definition) is 2. The van der Waals surface area contributed by atoms with Gasteiger partial charge in [0.2, 0.25) is 0 Å². The normalized spacial score (nSPS) is 29.4. The molecule has 0 radical (unpaired) electrons. The van der Waals surface area contributed by atoms with Crippen LogP contribution in [0.4, 0.5) is 0 Å². The summed E-state index contributed by atoms with van der Waals surface area (Å²) in [5, 5.41) is -0.111. The van der Waals surface area contributed by atoms with E-state index in [1.165, 1.54) is 12.0 Å². The lowest BCUT2D eigenvalue weighted by molar-refractivity contribution is 0.344. The van der Waals surface area contributed by atoms with Crippen molar-refractivity contribution < 1.29 is 8.42 Å². The van der Waals surface area contributed by atoms with Crippen LogP contribution in [0.3, 0.4) is 0 Å². The fraction of sp³-hybridized carbons (Fsp3) is 0.600. The number of aryl methyl sites for hydroxylation is 2. The Morgan fingerprint density at radius 1 is 1.11 bits per heavy atom. The Bertz CT molecular complexity index is 587. The third kappa shape index (κ3) is 1.71. The first-order valence-electron chi connectivity index (χ1n) is 6.84. The van der Waals surface area contributed by atoms with Crippen LogP contribution < -0.4 is 0 Å². The van der Waals surface area contributed by atoms with E-state index in [1.54, 1.807) is 0 Å². The van der Waals surface area contributed by atoms with Crippen molar-refractivity contribution in [1.29, 1.82) is 0 Å². The van der Waals surface area contributed by atoms with Crippen molar-refractivity contribution in [2.75, 3.05) is 0 Å². The summed E-state index contributed by atoms with van der Waals surface area (Å²) < 4.78 is 25.5. The first-order valence-corrected chi connectivity index (χ1v) is 8.39. The molecular weight excluding hydrogens is 244 g/mol. The average molecular weight is 264 g/mol. The Labute approximate surface area is 109 Å². The molecule has 98 valence electrons. The van der Waals surface area contributed by atoms with Crippen LogP contribution in [-0.4, -0.2) is 13.7 Å². The minimum Gasteiger partial charge on any atom is -0.223 e. The van der Waals surface area contributed by atoms with Crippen molar-refractivity contribution >= 4 is 9.84 Å². The SMILES string of the molecule is Cc1cc(C)c2c(c1)C[C@@H]1CCCC[C@H]1S2(=O)=O. The molecule has 0 unspecified atom stereocenters. The standard InChI is InChI=1S/C15H20O2S/c1-10-7-11(2)15-13(8-10)9-12-5-3-4-6-14(12)18(15,16)17/h7-8,12,14H,3-6,9H2,1-2H3/t12-,14+/m0/s1. The predicted molar refractivity (Wildman–Crippen MR) is 72.6 cm³/mol. The van der Waals surface area contributed by atoms with E-state index in [0.29, 0.717) is 10.8 Å². The second-order valence-electron chi connectivity index (χ2n) is 5.90. The molecule has 2 atom stereocenters. The molecule has 0 amide bonds. The monoisotopic (exact) mass is 264 g/mol. The molecule has 0 saturated heterocycles. The number of benzene rings is 1. The zero-order valence-electron chi connectivity index (χ0n) is 11.1. The molecule has 3 heteroatoms. The smallest absolute Gasteiger partial charge is 0.182 e. The van der Waals surface area contributed by atoms with Gasteiger partial charge < -0.3 is 0 Å². The average Bonchev–Trinajstić information content (AvgIpc) is 2.27. The maximum Gasteiger partial charge on any atom is 0.182 e. The molecule has 0 spiro atoms. The molecule has 1 heterocycles. The van der Waals surface area contributed by atoms with Gasteiger partial charge >= 0.3 is 0 Å². The first kappa shape index (κ1) is 12.2. The summed E-state index contributed by atoms with van der Waals surface area (Å²) in [6.45, 7) is 3.99. The minimum atomic E-state index is -3.09. The molecule has 1 fully saturated rings. The molecule has 0 aromatic heterocycles. The van der Waals surface area contributed by atoms with Crippen molar-refractivity contribution in [1.82, 2.24) is 0 Å². The van der Waals surface area contributed by atoms with E-state index < -0.39 is 9.84 Å². The second-order valence-corrected chi connectivity index (χ2v) is 8.01. The van der Waals surface area contributed by atoms with Crippen molar-refractivity contribution in [2.45, 2.75) is 56.1 Å². The van der Waals surface area contributed by atoms with Gasteiger partial charge in [0.1, 0.15) is 0 Å². The quantitative estimate of drug-likeness (QED) is 0.721. The van der Waals surface area contributed by atoms with E-state index in [1.807, 2.05) is 19.9 Å². The molecule has 0 N–H and O–H groups in total. The van der Waals surface area contributed by atoms with Gasteiger partial charge in [-0.25, -0.2) is 8.42 Å². The topological polar surface area (TPSA) is 34.1 Å². The van der Waals surface area contributed by atoms with Gasteiger partial charge in [0.25, 0.3) is 0 Å². The summed E-state index contributed by atoms with van der Waals surface area (Å²) in [4.78, 5) is 0.649. The molecule has 1 saturated carbocycles. The van der Waals surface area contributed by atoms with Crippen LogP contribution >= 0.6 is 0 Å². The first-order chi connectivity index (χ1) is 8.50. The van der Waals surface area contributed by atoms with Crippen LogP contribution in [0.25, 0.3) is 0 Å². The van der Waals surface area contributed by atoms with Gasteiger partial charge in [-0.3, -0.25) is 0 Å². The van der Waals surface area contributed by atoms with Crippen molar-refractivity contribution in [2.24, 2.45) is 5.92 Å². The maximum absolute atomic E-state index is 12.8. The van der Waals surface area contributed by atoms with Crippen molar-refractivity contribution in [3.63, 3.8) is 0 Å². The molecular formula is C15H20O2S. The molecule has 2 aliphatic rings. The van der Waals surface area contributed by atoms with Gasteiger partial charge in [-0.15, -0.1) is 0 Å². The highest BCUT2D eigenvalue weighted by atomic mass is 32.2. The molecule has 1 aliphatic heterocycles. The number of hydrogen-bond donors (Lipinski definition) is 0. The summed E-state index contributed by atoms with van der Waals surface area (Å²) in [6.07, 6.45) is 5.16. The Morgan fingerprint density at radius 2 is 1.83 bits per heavy atom. The summed E-state index contributed by atoms with van der Waals surface area (Å²) >= 11 is 0. The van der Waals surface area contributed by atoms with Gasteiger partial charge in [-0.05, 0) is 50.2 Å². The fourth-order valence-corrected chi connectivity index (χ4v) is 6.38. The third-order valence-corrected chi connectivity index (χ3v) is 7.07. The summed E-state index contributed by atoms with van der Waals surface area (Å²) in [5.41, 5.74) is 3.18. The van der Waals surface area contributed by atoms with E-state index in [2.05, 4.69) is 6.07 Å². The van der Waals surface area contributed by atoms with E-state index in [0.717, 1.165) is 36.8 Å². The highest BCUT2D eigenvalue weighted by Gasteiger charge is 2.42. The van der Waals surface area contributed by atoms with E-state index >= 15 is 0 Å².